The van der Waals surface area contributed by atoms with E-state index in [-0.39, 0.29) is 12.5 Å². The van der Waals surface area contributed by atoms with E-state index in [1.165, 1.54) is 11.3 Å². The summed E-state index contributed by atoms with van der Waals surface area (Å²) in [4.78, 5) is 11.9. The lowest BCUT2D eigenvalue weighted by atomic mass is 10.3. The molecular weight excluding hydrogens is 200 g/mol. The van der Waals surface area contributed by atoms with Crippen molar-refractivity contribution in [2.24, 2.45) is 0 Å². The number of terminal acetylenes is 1. The van der Waals surface area contributed by atoms with Gasteiger partial charge in [0, 0.05) is 15.8 Å². The first kappa shape index (κ1) is 9.21. The molecule has 0 radical (unpaired) electrons. The standard InChI is InChI=1S/C9H8N2O2S/c1-2-6-3-7(14-5-6)9-10-4-8(12)11(9)13/h1,3,5,9-10,13H,4H2. The van der Waals surface area contributed by atoms with Crippen molar-refractivity contribution in [3.63, 3.8) is 0 Å². The maximum absolute atomic E-state index is 11.0. The molecule has 2 rings (SSSR count). The molecule has 1 aliphatic rings. The highest BCUT2D eigenvalue weighted by atomic mass is 32.1. The molecule has 4 nitrogen and oxygen atoms in total. The molecule has 1 atom stereocenters. The van der Waals surface area contributed by atoms with Crippen LogP contribution in [0.15, 0.2) is 11.4 Å². The zero-order valence-corrected chi connectivity index (χ0v) is 8.04. The lowest BCUT2D eigenvalue weighted by Gasteiger charge is -2.14. The summed E-state index contributed by atoms with van der Waals surface area (Å²) >= 11 is 1.42. The van der Waals surface area contributed by atoms with Crippen LogP contribution in [0.1, 0.15) is 16.6 Å². The summed E-state index contributed by atoms with van der Waals surface area (Å²) in [6.45, 7) is 0.157. The quantitative estimate of drug-likeness (QED) is 0.523. The van der Waals surface area contributed by atoms with Gasteiger partial charge < -0.3 is 0 Å². The summed E-state index contributed by atoms with van der Waals surface area (Å²) in [7, 11) is 0. The van der Waals surface area contributed by atoms with Gasteiger partial charge in [-0.3, -0.25) is 15.3 Å². The molecule has 72 valence electrons. The molecule has 1 amide bonds. The largest absolute Gasteiger partial charge is 0.284 e. The molecular formula is C9H8N2O2S. The number of hydrogen-bond donors (Lipinski definition) is 2. The topological polar surface area (TPSA) is 52.6 Å². The van der Waals surface area contributed by atoms with E-state index in [1.807, 2.05) is 5.38 Å². The van der Waals surface area contributed by atoms with Gasteiger partial charge in [0.1, 0.15) is 6.17 Å². The third kappa shape index (κ3) is 1.40. The number of hydrogen-bond acceptors (Lipinski definition) is 4. The van der Waals surface area contributed by atoms with E-state index < -0.39 is 6.17 Å². The van der Waals surface area contributed by atoms with Crippen molar-refractivity contribution >= 4 is 17.2 Å². The summed E-state index contributed by atoms with van der Waals surface area (Å²) in [5, 5.41) is 14.8. The first-order valence-electron chi connectivity index (χ1n) is 4.01. The van der Waals surface area contributed by atoms with E-state index in [2.05, 4.69) is 11.2 Å². The van der Waals surface area contributed by atoms with Gasteiger partial charge in [-0.15, -0.1) is 17.8 Å². The SMILES string of the molecule is C#Cc1csc(C2NCC(=O)N2O)c1. The first-order valence-corrected chi connectivity index (χ1v) is 4.89. The molecule has 0 spiro atoms. The van der Waals surface area contributed by atoms with Crippen molar-refractivity contribution in [3.8, 4) is 12.3 Å². The fourth-order valence-electron chi connectivity index (χ4n) is 1.29. The van der Waals surface area contributed by atoms with Crippen LogP contribution in [0.4, 0.5) is 0 Å². The molecule has 0 bridgehead atoms. The number of carbonyl (C=O) groups excluding carboxylic acids is 1. The predicted molar refractivity (Wildman–Crippen MR) is 51.6 cm³/mol. The molecule has 14 heavy (non-hydrogen) atoms. The van der Waals surface area contributed by atoms with Crippen molar-refractivity contribution in [2.75, 3.05) is 6.54 Å². The molecule has 0 saturated carbocycles. The Labute approximate surface area is 85.1 Å². The molecule has 1 unspecified atom stereocenters. The number of rotatable bonds is 1. The Kier molecular flexibility index (Phi) is 2.25. The lowest BCUT2D eigenvalue weighted by Crippen LogP contribution is -2.25. The zero-order chi connectivity index (χ0) is 10.1. The van der Waals surface area contributed by atoms with E-state index in [1.54, 1.807) is 6.07 Å². The van der Waals surface area contributed by atoms with Crippen LogP contribution >= 0.6 is 11.3 Å². The monoisotopic (exact) mass is 208 g/mol. The van der Waals surface area contributed by atoms with E-state index in [0.717, 1.165) is 10.4 Å². The molecule has 0 aromatic carbocycles. The molecule has 2 N–H and O–H groups in total. The Balaban J connectivity index is 2.24. The van der Waals surface area contributed by atoms with E-state index in [0.29, 0.717) is 5.06 Å². The molecule has 2 heterocycles. The van der Waals surface area contributed by atoms with Crippen LogP contribution in [0.5, 0.6) is 0 Å². The minimum absolute atomic E-state index is 0.157. The predicted octanol–water partition coefficient (Wildman–Crippen LogP) is 0.549. The second-order valence-corrected chi connectivity index (χ2v) is 3.85. The van der Waals surface area contributed by atoms with Gasteiger partial charge in [-0.1, -0.05) is 5.92 Å². The van der Waals surface area contributed by atoms with Gasteiger partial charge in [-0.25, -0.2) is 5.06 Å². The van der Waals surface area contributed by atoms with E-state index >= 15 is 0 Å². The summed E-state index contributed by atoms with van der Waals surface area (Å²) in [5.74, 6) is 2.17. The number of amides is 1. The minimum atomic E-state index is -0.449. The van der Waals surface area contributed by atoms with Gasteiger partial charge in [0.25, 0.3) is 5.91 Å². The lowest BCUT2D eigenvalue weighted by molar-refractivity contribution is -0.165. The van der Waals surface area contributed by atoms with Crippen LogP contribution in [0, 0.1) is 12.3 Å². The smallest absolute Gasteiger partial charge is 0.261 e. The van der Waals surface area contributed by atoms with Crippen LogP contribution < -0.4 is 5.32 Å². The number of nitrogens with zero attached hydrogens (tertiary/aromatic N) is 1. The number of thiophene rings is 1. The highest BCUT2D eigenvalue weighted by Crippen LogP contribution is 2.26. The van der Waals surface area contributed by atoms with Gasteiger partial charge in [0.05, 0.1) is 6.54 Å². The fraction of sp³-hybridized carbons (Fsp3) is 0.222. The zero-order valence-electron chi connectivity index (χ0n) is 7.23. The molecule has 5 heteroatoms. The summed E-state index contributed by atoms with van der Waals surface area (Å²) < 4.78 is 0. The van der Waals surface area contributed by atoms with Gasteiger partial charge in [-0.2, -0.15) is 0 Å². The number of nitrogens with one attached hydrogen (secondary N) is 1. The van der Waals surface area contributed by atoms with Crippen LogP contribution in [0.2, 0.25) is 0 Å². The van der Waals surface area contributed by atoms with Gasteiger partial charge >= 0.3 is 0 Å². The van der Waals surface area contributed by atoms with E-state index in [9.17, 15) is 10.0 Å². The maximum Gasteiger partial charge on any atom is 0.261 e. The second-order valence-electron chi connectivity index (χ2n) is 2.90. The first-order chi connectivity index (χ1) is 6.72. The summed E-state index contributed by atoms with van der Waals surface area (Å²) in [6.07, 6.45) is 4.77. The van der Waals surface area contributed by atoms with Crippen LogP contribution in [-0.4, -0.2) is 22.7 Å². The molecule has 0 aliphatic carbocycles. The van der Waals surface area contributed by atoms with Gasteiger partial charge in [-0.05, 0) is 6.07 Å². The minimum Gasteiger partial charge on any atom is -0.284 e. The molecule has 1 aromatic heterocycles. The Morgan fingerprint density at radius 2 is 2.57 bits per heavy atom. The number of hydroxylamine groups is 2. The summed E-state index contributed by atoms with van der Waals surface area (Å²) in [6, 6.07) is 1.78. The third-order valence-electron chi connectivity index (χ3n) is 2.00. The van der Waals surface area contributed by atoms with Crippen molar-refractivity contribution in [1.29, 1.82) is 0 Å². The molecule has 1 fully saturated rings. The van der Waals surface area contributed by atoms with Gasteiger partial charge in [0.15, 0.2) is 0 Å². The Morgan fingerprint density at radius 1 is 1.79 bits per heavy atom. The third-order valence-corrected chi connectivity index (χ3v) is 2.99. The van der Waals surface area contributed by atoms with Crippen LogP contribution in [0.25, 0.3) is 0 Å². The van der Waals surface area contributed by atoms with Crippen LogP contribution in [0.3, 0.4) is 0 Å². The molecule has 1 aromatic rings. The van der Waals surface area contributed by atoms with Crippen molar-refractivity contribution in [1.82, 2.24) is 10.4 Å². The Hall–Kier alpha value is -1.35. The van der Waals surface area contributed by atoms with Crippen molar-refractivity contribution in [2.45, 2.75) is 6.17 Å². The highest BCUT2D eigenvalue weighted by Gasteiger charge is 2.31. The van der Waals surface area contributed by atoms with E-state index in [4.69, 9.17) is 6.42 Å². The van der Waals surface area contributed by atoms with Crippen molar-refractivity contribution < 1.29 is 10.0 Å². The average molecular weight is 208 g/mol. The maximum atomic E-state index is 11.0. The van der Waals surface area contributed by atoms with Gasteiger partial charge in [0.2, 0.25) is 0 Å². The Morgan fingerprint density at radius 3 is 3.07 bits per heavy atom. The van der Waals surface area contributed by atoms with Crippen LogP contribution in [-0.2, 0) is 4.79 Å². The average Bonchev–Trinajstić information content (AvgIpc) is 2.75. The molecule has 1 saturated heterocycles. The Bertz CT molecular complexity index is 407. The van der Waals surface area contributed by atoms with Crippen molar-refractivity contribution in [3.05, 3.63) is 21.9 Å². The second kappa shape index (κ2) is 3.42. The normalized spacial score (nSPS) is 21.3. The number of carbonyl (C=O) groups is 1. The highest BCUT2D eigenvalue weighted by molar-refractivity contribution is 7.10. The fourth-order valence-corrected chi connectivity index (χ4v) is 2.19. The summed E-state index contributed by atoms with van der Waals surface area (Å²) in [5.41, 5.74) is 0.763. The molecule has 1 aliphatic heterocycles.